The van der Waals surface area contributed by atoms with Crippen molar-refractivity contribution in [1.29, 1.82) is 0 Å². The van der Waals surface area contributed by atoms with E-state index in [1.807, 2.05) is 0 Å². The van der Waals surface area contributed by atoms with Crippen molar-refractivity contribution in [1.82, 2.24) is 0 Å². The molecule has 0 radical (unpaired) electrons. The number of carboxylic acid groups (broad SMARTS) is 2. The summed E-state index contributed by atoms with van der Waals surface area (Å²) in [7, 11) is 5.22. The fourth-order valence-corrected chi connectivity index (χ4v) is 2.61. The van der Waals surface area contributed by atoms with Crippen LogP contribution in [0.2, 0.25) is 0 Å². The molecule has 4 N–H and O–H groups in total. The van der Waals surface area contributed by atoms with Crippen LogP contribution in [-0.4, -0.2) is 82.2 Å². The minimum atomic E-state index is -1.46. The van der Waals surface area contributed by atoms with Crippen LogP contribution in [0.15, 0.2) is 0 Å². The van der Waals surface area contributed by atoms with E-state index in [1.54, 1.807) is 13.8 Å². The van der Waals surface area contributed by atoms with Crippen molar-refractivity contribution < 1.29 is 39.0 Å². The van der Waals surface area contributed by atoms with Crippen LogP contribution in [0.5, 0.6) is 0 Å². The largest absolute Gasteiger partial charge is 0.515 e. The summed E-state index contributed by atoms with van der Waals surface area (Å²) in [6.45, 7) is 3.39. The van der Waals surface area contributed by atoms with Crippen LogP contribution >= 0.6 is 0 Å². The molecule has 8 nitrogen and oxygen atoms in total. The van der Waals surface area contributed by atoms with Crippen LogP contribution in [0.4, 0.5) is 9.59 Å². The fraction of sp³-hybridized carbons (Fsp3) is 0.846. The second kappa shape index (κ2) is 6.27. The zero-order chi connectivity index (χ0) is 17.2. The van der Waals surface area contributed by atoms with E-state index in [2.05, 4.69) is 0 Å². The Balaban J connectivity index is 5.97. The molecule has 0 aromatic rings. The van der Waals surface area contributed by atoms with E-state index in [4.69, 9.17) is 0 Å². The molecule has 0 heterocycles. The van der Waals surface area contributed by atoms with E-state index in [0.29, 0.717) is 0 Å². The number of quaternary nitrogens is 2. The summed E-state index contributed by atoms with van der Waals surface area (Å²) in [4.78, 5) is 22.7. The van der Waals surface area contributed by atoms with Crippen molar-refractivity contribution in [2.24, 2.45) is 5.41 Å². The standard InChI is InChI=1S/C13H26N2O6/c1-7-13(8-2,9(16)14(3,4)11(18)19)10(17)15(5,6)12(20)21/h9-10,16-17H,7-8H2,1-6H3/p+2. The van der Waals surface area contributed by atoms with Gasteiger partial charge in [0.05, 0.1) is 28.2 Å². The Labute approximate surface area is 125 Å². The molecule has 8 heteroatoms. The van der Waals surface area contributed by atoms with Gasteiger partial charge in [-0.25, -0.2) is 8.97 Å². The van der Waals surface area contributed by atoms with Gasteiger partial charge in [-0.2, -0.15) is 9.59 Å². The smallest absolute Gasteiger partial charge is 0.435 e. The lowest BCUT2D eigenvalue weighted by Crippen LogP contribution is -2.69. The lowest BCUT2D eigenvalue weighted by Gasteiger charge is -2.47. The Hall–Kier alpha value is -1.22. The van der Waals surface area contributed by atoms with Crippen molar-refractivity contribution in [2.75, 3.05) is 28.2 Å². The molecule has 0 bridgehead atoms. The van der Waals surface area contributed by atoms with Crippen LogP contribution in [-0.2, 0) is 0 Å². The maximum atomic E-state index is 11.4. The van der Waals surface area contributed by atoms with Crippen molar-refractivity contribution >= 4 is 12.2 Å². The predicted octanol–water partition coefficient (Wildman–Crippen LogP) is 0.938. The van der Waals surface area contributed by atoms with E-state index in [0.717, 1.165) is 0 Å². The maximum absolute atomic E-state index is 11.4. The zero-order valence-electron chi connectivity index (χ0n) is 13.6. The van der Waals surface area contributed by atoms with Gasteiger partial charge in [0.1, 0.15) is 5.41 Å². The summed E-state index contributed by atoms with van der Waals surface area (Å²) in [6, 6.07) is 0. The highest BCUT2D eigenvalue weighted by Crippen LogP contribution is 2.41. The average molecular weight is 308 g/mol. The van der Waals surface area contributed by atoms with Crippen LogP contribution in [0, 0.1) is 5.41 Å². The summed E-state index contributed by atoms with van der Waals surface area (Å²) in [5.41, 5.74) is -1.27. The number of nitrogens with zero attached hydrogens (tertiary/aromatic N) is 2. The minimum Gasteiger partial charge on any atom is -0.435 e. The summed E-state index contributed by atoms with van der Waals surface area (Å²) in [6.07, 6.45) is -4.98. The number of aliphatic hydroxyl groups excluding tert-OH is 2. The van der Waals surface area contributed by atoms with Crippen LogP contribution in [0.25, 0.3) is 0 Å². The Kier molecular flexibility index (Phi) is 5.90. The van der Waals surface area contributed by atoms with Crippen LogP contribution in [0.1, 0.15) is 26.7 Å². The first kappa shape index (κ1) is 19.8. The van der Waals surface area contributed by atoms with Gasteiger partial charge in [-0.15, -0.1) is 0 Å². The summed E-state index contributed by atoms with van der Waals surface area (Å²) in [5, 5.41) is 39.7. The highest BCUT2D eigenvalue weighted by Gasteiger charge is 2.59. The van der Waals surface area contributed by atoms with Gasteiger partial charge in [0.15, 0.2) is 0 Å². The van der Waals surface area contributed by atoms with Crippen LogP contribution in [0.3, 0.4) is 0 Å². The Bertz CT molecular complexity index is 369. The molecule has 0 aromatic heterocycles. The highest BCUT2D eigenvalue weighted by molar-refractivity contribution is 5.57. The van der Waals surface area contributed by atoms with Gasteiger partial charge in [-0.3, -0.25) is 0 Å². The number of aliphatic hydroxyl groups is 2. The monoisotopic (exact) mass is 308 g/mol. The normalized spacial score (nSPS) is 16.4. The molecule has 2 unspecified atom stereocenters. The van der Waals surface area contributed by atoms with E-state index in [9.17, 15) is 30.0 Å². The van der Waals surface area contributed by atoms with Crippen molar-refractivity contribution in [3.8, 4) is 0 Å². The maximum Gasteiger partial charge on any atom is 0.515 e. The fourth-order valence-electron chi connectivity index (χ4n) is 2.61. The second-order valence-electron chi connectivity index (χ2n) is 6.33. The third-order valence-corrected chi connectivity index (χ3v) is 4.55. The lowest BCUT2D eigenvalue weighted by molar-refractivity contribution is -0.914. The molecule has 0 aromatic carbocycles. The molecule has 0 saturated carbocycles. The second-order valence-corrected chi connectivity index (χ2v) is 6.33. The molecule has 124 valence electrons. The molecule has 0 rings (SSSR count). The van der Waals surface area contributed by atoms with Gasteiger partial charge in [0.2, 0.25) is 12.5 Å². The molecule has 0 saturated heterocycles. The SMILES string of the molecule is CCC(CC)(C(O)[N+](C)(C)C(=O)O)C(O)[N+](C)(C)C(=O)O. The Morgan fingerprint density at radius 1 is 0.857 bits per heavy atom. The Morgan fingerprint density at radius 2 is 1.10 bits per heavy atom. The molecule has 2 atom stereocenters. The van der Waals surface area contributed by atoms with E-state index in [-0.39, 0.29) is 12.8 Å². The van der Waals surface area contributed by atoms with E-state index >= 15 is 0 Å². The molecule has 0 aliphatic heterocycles. The van der Waals surface area contributed by atoms with Gasteiger partial charge >= 0.3 is 12.2 Å². The topological polar surface area (TPSA) is 115 Å². The molecular formula is C13H28N2O6+2. The zero-order valence-corrected chi connectivity index (χ0v) is 13.6. The van der Waals surface area contributed by atoms with Gasteiger partial charge in [-0.05, 0) is 12.8 Å². The van der Waals surface area contributed by atoms with Gasteiger partial charge in [0, 0.05) is 0 Å². The molecule has 0 aliphatic carbocycles. The van der Waals surface area contributed by atoms with Crippen LogP contribution < -0.4 is 0 Å². The lowest BCUT2D eigenvalue weighted by atomic mass is 9.76. The van der Waals surface area contributed by atoms with E-state index in [1.165, 1.54) is 28.2 Å². The van der Waals surface area contributed by atoms with Crippen molar-refractivity contribution in [2.45, 2.75) is 39.1 Å². The third kappa shape index (κ3) is 3.18. The molecular weight excluding hydrogens is 280 g/mol. The first-order valence-electron chi connectivity index (χ1n) is 6.82. The number of carbonyl (C=O) groups is 2. The first-order valence-corrected chi connectivity index (χ1v) is 6.82. The third-order valence-electron chi connectivity index (χ3n) is 4.55. The molecule has 0 spiro atoms. The number of hydrogen-bond donors (Lipinski definition) is 4. The van der Waals surface area contributed by atoms with E-state index < -0.39 is 39.0 Å². The minimum absolute atomic E-state index is 0.232. The average Bonchev–Trinajstić information content (AvgIpc) is 2.39. The molecule has 0 fully saturated rings. The highest BCUT2D eigenvalue weighted by atomic mass is 16.4. The van der Waals surface area contributed by atoms with Gasteiger partial charge < -0.3 is 20.4 Å². The van der Waals surface area contributed by atoms with Crippen molar-refractivity contribution in [3.05, 3.63) is 0 Å². The van der Waals surface area contributed by atoms with Gasteiger partial charge in [-0.1, -0.05) is 13.8 Å². The van der Waals surface area contributed by atoms with Crippen molar-refractivity contribution in [3.63, 3.8) is 0 Å². The number of amides is 2. The molecule has 0 aliphatic rings. The summed E-state index contributed by atoms with van der Waals surface area (Å²) in [5.74, 6) is 0. The molecule has 2 amide bonds. The number of hydrogen-bond acceptors (Lipinski definition) is 4. The first-order chi connectivity index (χ1) is 9.32. The summed E-state index contributed by atoms with van der Waals surface area (Å²) >= 11 is 0. The summed E-state index contributed by atoms with van der Waals surface area (Å²) < 4.78 is -1.56. The Morgan fingerprint density at radius 3 is 1.24 bits per heavy atom. The molecule has 21 heavy (non-hydrogen) atoms. The quantitative estimate of drug-likeness (QED) is 0.429. The number of rotatable bonds is 6. The predicted molar refractivity (Wildman–Crippen MR) is 75.3 cm³/mol. The van der Waals surface area contributed by atoms with Gasteiger partial charge in [0.25, 0.3) is 0 Å².